The van der Waals surface area contributed by atoms with Gasteiger partial charge in [0.2, 0.25) is 0 Å². The topological polar surface area (TPSA) is 38.7 Å². The normalized spacial score (nSPS) is 12.6. The van der Waals surface area contributed by atoms with E-state index in [-0.39, 0.29) is 5.41 Å². The molecule has 3 nitrogen and oxygen atoms in total. The SMILES string of the molecule is CC1(C)c2ccccc2-c2cc3c(-c4cccc(-c5nc(-c6ccccc6)cc(-c6cccc(-c7ccccc7)c6)n5)c4)cc(-c4cccc(-c5ccccc5)c4)nc3cc21. The van der Waals surface area contributed by atoms with Gasteiger partial charge in [0.25, 0.3) is 0 Å². The lowest BCUT2D eigenvalue weighted by Crippen LogP contribution is -2.14. The van der Waals surface area contributed by atoms with E-state index in [0.717, 1.165) is 72.5 Å². The molecule has 0 aliphatic heterocycles. The molecule has 0 saturated heterocycles. The van der Waals surface area contributed by atoms with E-state index in [0.29, 0.717) is 5.82 Å². The third-order valence-corrected chi connectivity index (χ3v) is 12.3. The van der Waals surface area contributed by atoms with Crippen LogP contribution in [-0.4, -0.2) is 15.0 Å². The van der Waals surface area contributed by atoms with Gasteiger partial charge in [0.05, 0.1) is 22.6 Å². The standard InChI is InChI=1S/C58H41N3/c1-58(2)51-30-13-12-29-47(51)49-34-50-48(35-53(59-56(50)36-52(49)58)44-26-14-23-41(31-44)38-17-6-3-7-18-38)43-25-16-28-46(33-43)57-60-54(40-21-10-5-11-22-40)37-55(61-57)45-27-15-24-42(32-45)39-19-8-4-9-20-39/h3-37H,1-2H3. The summed E-state index contributed by atoms with van der Waals surface area (Å²) < 4.78 is 0. The number of pyridine rings is 1. The number of hydrogen-bond donors (Lipinski definition) is 0. The zero-order valence-electron chi connectivity index (χ0n) is 34.0. The van der Waals surface area contributed by atoms with Gasteiger partial charge in [-0.15, -0.1) is 0 Å². The van der Waals surface area contributed by atoms with Gasteiger partial charge in [-0.2, -0.15) is 0 Å². The predicted octanol–water partition coefficient (Wildman–Crippen LogP) is 15.0. The zero-order chi connectivity index (χ0) is 40.9. The minimum atomic E-state index is -0.148. The van der Waals surface area contributed by atoms with Crippen LogP contribution in [0.4, 0.5) is 0 Å². The van der Waals surface area contributed by atoms with E-state index in [9.17, 15) is 0 Å². The van der Waals surface area contributed by atoms with E-state index in [1.807, 2.05) is 6.07 Å². The van der Waals surface area contributed by atoms with Gasteiger partial charge in [-0.3, -0.25) is 0 Å². The van der Waals surface area contributed by atoms with Crippen molar-refractivity contribution in [3.8, 4) is 89.7 Å². The summed E-state index contributed by atoms with van der Waals surface area (Å²) in [4.78, 5) is 16.0. The van der Waals surface area contributed by atoms with Gasteiger partial charge in [-0.25, -0.2) is 15.0 Å². The van der Waals surface area contributed by atoms with Crippen LogP contribution in [0.2, 0.25) is 0 Å². The molecule has 11 rings (SSSR count). The third kappa shape index (κ3) is 6.61. The van der Waals surface area contributed by atoms with E-state index in [2.05, 4.69) is 220 Å². The summed E-state index contributed by atoms with van der Waals surface area (Å²) in [6, 6.07) is 75.5. The van der Waals surface area contributed by atoms with E-state index in [1.54, 1.807) is 0 Å². The van der Waals surface area contributed by atoms with Gasteiger partial charge < -0.3 is 0 Å². The van der Waals surface area contributed by atoms with Crippen LogP contribution in [0.5, 0.6) is 0 Å². The second-order valence-corrected chi connectivity index (χ2v) is 16.4. The first-order chi connectivity index (χ1) is 30.0. The molecule has 3 heteroatoms. The molecule has 1 aliphatic carbocycles. The Morgan fingerprint density at radius 1 is 0.295 bits per heavy atom. The molecule has 0 bridgehead atoms. The van der Waals surface area contributed by atoms with Crippen LogP contribution < -0.4 is 0 Å². The second-order valence-electron chi connectivity index (χ2n) is 16.4. The number of benzene rings is 8. The monoisotopic (exact) mass is 779 g/mol. The van der Waals surface area contributed by atoms with Crippen molar-refractivity contribution in [1.82, 2.24) is 15.0 Å². The smallest absolute Gasteiger partial charge is 0.160 e. The summed E-state index contributed by atoms with van der Waals surface area (Å²) in [6.07, 6.45) is 0. The molecule has 8 aromatic carbocycles. The molecule has 2 heterocycles. The highest BCUT2D eigenvalue weighted by molar-refractivity contribution is 6.02. The average Bonchev–Trinajstić information content (AvgIpc) is 3.56. The fourth-order valence-corrected chi connectivity index (χ4v) is 9.09. The van der Waals surface area contributed by atoms with Crippen LogP contribution in [0.3, 0.4) is 0 Å². The predicted molar refractivity (Wildman–Crippen MR) is 253 cm³/mol. The molecule has 10 aromatic rings. The molecule has 0 fully saturated rings. The van der Waals surface area contributed by atoms with Crippen LogP contribution >= 0.6 is 0 Å². The molecule has 61 heavy (non-hydrogen) atoms. The maximum Gasteiger partial charge on any atom is 0.160 e. The number of aromatic nitrogens is 3. The van der Waals surface area contributed by atoms with Crippen molar-refractivity contribution < 1.29 is 0 Å². The quantitative estimate of drug-likeness (QED) is 0.162. The Labute approximate surface area is 356 Å². The highest BCUT2D eigenvalue weighted by atomic mass is 14.9. The lowest BCUT2D eigenvalue weighted by molar-refractivity contribution is 0.661. The van der Waals surface area contributed by atoms with E-state index < -0.39 is 0 Å². The fourth-order valence-electron chi connectivity index (χ4n) is 9.09. The van der Waals surface area contributed by atoms with Crippen LogP contribution in [0.25, 0.3) is 101 Å². The molecule has 0 atom stereocenters. The fraction of sp³-hybridized carbons (Fsp3) is 0.0517. The second kappa shape index (κ2) is 14.8. The zero-order valence-corrected chi connectivity index (χ0v) is 34.0. The van der Waals surface area contributed by atoms with Crippen molar-refractivity contribution in [3.63, 3.8) is 0 Å². The largest absolute Gasteiger partial charge is 0.248 e. The van der Waals surface area contributed by atoms with Gasteiger partial charge in [0.15, 0.2) is 5.82 Å². The Hall–Kier alpha value is -7.75. The Balaban J connectivity index is 1.10. The first-order valence-electron chi connectivity index (χ1n) is 20.9. The summed E-state index contributed by atoms with van der Waals surface area (Å²) in [6.45, 7) is 4.66. The highest BCUT2D eigenvalue weighted by Gasteiger charge is 2.36. The minimum absolute atomic E-state index is 0.148. The van der Waals surface area contributed by atoms with E-state index >= 15 is 0 Å². The molecule has 0 N–H and O–H groups in total. The molecule has 0 spiro atoms. The van der Waals surface area contributed by atoms with Crippen molar-refractivity contribution in [1.29, 1.82) is 0 Å². The highest BCUT2D eigenvalue weighted by Crippen LogP contribution is 2.50. The molecule has 0 unspecified atom stereocenters. The summed E-state index contributed by atoms with van der Waals surface area (Å²) >= 11 is 0. The summed E-state index contributed by atoms with van der Waals surface area (Å²) in [7, 11) is 0. The van der Waals surface area contributed by atoms with Crippen molar-refractivity contribution in [2.45, 2.75) is 19.3 Å². The maximum atomic E-state index is 5.45. The van der Waals surface area contributed by atoms with Gasteiger partial charge in [-0.05, 0) is 98.1 Å². The Bertz CT molecular complexity index is 3260. The number of nitrogens with zero attached hydrogens (tertiary/aromatic N) is 3. The molecule has 0 saturated carbocycles. The number of fused-ring (bicyclic) bond motifs is 4. The van der Waals surface area contributed by atoms with E-state index in [4.69, 9.17) is 15.0 Å². The summed E-state index contributed by atoms with van der Waals surface area (Å²) in [5, 5.41) is 1.11. The minimum Gasteiger partial charge on any atom is -0.248 e. The molecular formula is C58H41N3. The van der Waals surface area contributed by atoms with Crippen molar-refractivity contribution in [3.05, 3.63) is 223 Å². The molecule has 0 radical (unpaired) electrons. The molecule has 2 aromatic heterocycles. The maximum absolute atomic E-state index is 5.45. The van der Waals surface area contributed by atoms with Gasteiger partial charge in [0, 0.05) is 33.1 Å². The third-order valence-electron chi connectivity index (χ3n) is 12.3. The average molecular weight is 780 g/mol. The van der Waals surface area contributed by atoms with Crippen LogP contribution in [0.1, 0.15) is 25.0 Å². The van der Waals surface area contributed by atoms with Gasteiger partial charge >= 0.3 is 0 Å². The molecule has 0 amide bonds. The van der Waals surface area contributed by atoms with Crippen LogP contribution in [-0.2, 0) is 5.41 Å². The lowest BCUT2D eigenvalue weighted by Gasteiger charge is -2.22. The number of rotatable bonds is 7. The Kier molecular flexibility index (Phi) is 8.82. The molecule has 1 aliphatic rings. The Morgan fingerprint density at radius 3 is 1.41 bits per heavy atom. The summed E-state index contributed by atoms with van der Waals surface area (Å²) in [5.74, 6) is 0.675. The van der Waals surface area contributed by atoms with Crippen molar-refractivity contribution >= 4 is 10.9 Å². The Morgan fingerprint density at radius 2 is 0.770 bits per heavy atom. The molecular weight excluding hydrogens is 739 g/mol. The molecule has 288 valence electrons. The van der Waals surface area contributed by atoms with Crippen LogP contribution in [0, 0.1) is 0 Å². The van der Waals surface area contributed by atoms with Crippen LogP contribution in [0.15, 0.2) is 212 Å². The van der Waals surface area contributed by atoms with Gasteiger partial charge in [0.1, 0.15) is 0 Å². The van der Waals surface area contributed by atoms with Crippen molar-refractivity contribution in [2.75, 3.05) is 0 Å². The van der Waals surface area contributed by atoms with Crippen molar-refractivity contribution in [2.24, 2.45) is 0 Å². The number of hydrogen-bond acceptors (Lipinski definition) is 3. The van der Waals surface area contributed by atoms with Gasteiger partial charge in [-0.1, -0.05) is 184 Å². The summed E-state index contributed by atoms with van der Waals surface area (Å²) in [5.41, 5.74) is 19.7. The van der Waals surface area contributed by atoms with E-state index in [1.165, 1.54) is 33.4 Å². The first-order valence-corrected chi connectivity index (χ1v) is 20.9. The lowest BCUT2D eigenvalue weighted by atomic mass is 9.82. The first kappa shape index (κ1) is 36.3.